The number of benzene rings is 1. The van der Waals surface area contributed by atoms with Crippen LogP contribution in [0.2, 0.25) is 0 Å². The van der Waals surface area contributed by atoms with Crippen molar-refractivity contribution in [1.82, 2.24) is 4.57 Å². The van der Waals surface area contributed by atoms with Crippen LogP contribution in [-0.2, 0) is 6.18 Å². The van der Waals surface area contributed by atoms with Crippen molar-refractivity contribution < 1.29 is 18.1 Å². The first-order valence-electron chi connectivity index (χ1n) is 5.34. The minimum atomic E-state index is -4.57. The van der Waals surface area contributed by atoms with Crippen LogP contribution >= 0.6 is 0 Å². The van der Waals surface area contributed by atoms with E-state index in [9.17, 15) is 28.1 Å². The quantitative estimate of drug-likeness (QED) is 0.629. The first-order chi connectivity index (χ1) is 9.29. The Hall–Kier alpha value is -2.64. The minimum absolute atomic E-state index is 0.117. The fourth-order valence-electron chi connectivity index (χ4n) is 1.59. The molecule has 0 unspecified atom stereocenters. The highest BCUT2D eigenvalue weighted by Crippen LogP contribution is 2.28. The highest BCUT2D eigenvalue weighted by atomic mass is 19.4. The van der Waals surface area contributed by atoms with Crippen LogP contribution in [0.3, 0.4) is 0 Å². The average molecular weight is 284 g/mol. The van der Waals surface area contributed by atoms with Gasteiger partial charge in [0.05, 0.1) is 10.5 Å². The molecule has 2 rings (SSSR count). The first-order valence-corrected chi connectivity index (χ1v) is 5.34. The van der Waals surface area contributed by atoms with E-state index in [-0.39, 0.29) is 11.4 Å². The average Bonchev–Trinajstić information content (AvgIpc) is 2.38. The predicted octanol–water partition coefficient (Wildman–Crippen LogP) is 2.76. The fourth-order valence-corrected chi connectivity index (χ4v) is 1.59. The number of hydrogen-bond acceptors (Lipinski definition) is 3. The molecule has 0 saturated heterocycles. The molecule has 0 aliphatic carbocycles. The minimum Gasteiger partial charge on any atom is -0.284 e. The molecule has 1 aromatic carbocycles. The van der Waals surface area contributed by atoms with Crippen LogP contribution in [-0.4, -0.2) is 9.49 Å². The van der Waals surface area contributed by atoms with Gasteiger partial charge in [-0.15, -0.1) is 0 Å². The molecule has 5 nitrogen and oxygen atoms in total. The van der Waals surface area contributed by atoms with Crippen molar-refractivity contribution in [1.29, 1.82) is 0 Å². The normalized spacial score (nSPS) is 11.3. The third kappa shape index (κ3) is 2.68. The second-order valence-corrected chi connectivity index (χ2v) is 3.90. The van der Waals surface area contributed by atoms with Crippen LogP contribution < -0.4 is 5.56 Å². The van der Waals surface area contributed by atoms with E-state index in [1.54, 1.807) is 0 Å². The highest BCUT2D eigenvalue weighted by Gasteiger charge is 2.31. The molecule has 0 N–H and O–H groups in total. The largest absolute Gasteiger partial charge is 0.417 e. The van der Waals surface area contributed by atoms with Crippen molar-refractivity contribution in [2.24, 2.45) is 0 Å². The van der Waals surface area contributed by atoms with Gasteiger partial charge in [0.2, 0.25) is 0 Å². The highest BCUT2D eigenvalue weighted by molar-refractivity contribution is 5.41. The summed E-state index contributed by atoms with van der Waals surface area (Å²) in [6, 6.07) is 6.12. The first kappa shape index (κ1) is 13.8. The summed E-state index contributed by atoms with van der Waals surface area (Å²) < 4.78 is 38.5. The second-order valence-electron chi connectivity index (χ2n) is 3.90. The molecule has 104 valence electrons. The topological polar surface area (TPSA) is 65.1 Å². The number of aromatic nitrogens is 1. The zero-order valence-electron chi connectivity index (χ0n) is 9.79. The van der Waals surface area contributed by atoms with Gasteiger partial charge in [0.25, 0.3) is 11.2 Å². The number of nitro benzene ring substituents is 1. The van der Waals surface area contributed by atoms with Crippen molar-refractivity contribution in [2.75, 3.05) is 0 Å². The molecular formula is C12H7F3N2O3. The molecule has 20 heavy (non-hydrogen) atoms. The maximum atomic E-state index is 12.6. The lowest BCUT2D eigenvalue weighted by Gasteiger charge is -2.10. The molecule has 0 amide bonds. The van der Waals surface area contributed by atoms with Crippen LogP contribution in [0.25, 0.3) is 5.69 Å². The lowest BCUT2D eigenvalue weighted by Crippen LogP contribution is -2.19. The summed E-state index contributed by atoms with van der Waals surface area (Å²) in [5, 5.41) is 10.5. The molecule has 2 aromatic rings. The van der Waals surface area contributed by atoms with Crippen molar-refractivity contribution in [3.63, 3.8) is 0 Å². The van der Waals surface area contributed by atoms with Gasteiger partial charge in [0.1, 0.15) is 0 Å². The number of non-ortho nitro benzene ring substituents is 1. The maximum Gasteiger partial charge on any atom is 0.417 e. The zero-order valence-corrected chi connectivity index (χ0v) is 9.79. The van der Waals surface area contributed by atoms with E-state index in [0.717, 1.165) is 22.8 Å². The van der Waals surface area contributed by atoms with Crippen LogP contribution in [0.4, 0.5) is 18.9 Å². The van der Waals surface area contributed by atoms with Crippen LogP contribution in [0.1, 0.15) is 5.56 Å². The molecule has 8 heteroatoms. The van der Waals surface area contributed by atoms with Crippen molar-refractivity contribution >= 4 is 5.69 Å². The Labute approximate surface area is 110 Å². The number of halogens is 3. The predicted molar refractivity (Wildman–Crippen MR) is 63.7 cm³/mol. The summed E-state index contributed by atoms with van der Waals surface area (Å²) in [7, 11) is 0. The molecule has 0 fully saturated rings. The molecule has 0 atom stereocenters. The Kier molecular flexibility index (Phi) is 3.31. The Morgan fingerprint density at radius 1 is 1.05 bits per heavy atom. The molecule has 0 bridgehead atoms. The summed E-state index contributed by atoms with van der Waals surface area (Å²) in [5.74, 6) is 0. The van der Waals surface area contributed by atoms with Crippen LogP contribution in [0, 0.1) is 10.1 Å². The van der Waals surface area contributed by atoms with E-state index in [1.807, 2.05) is 0 Å². The number of rotatable bonds is 2. The monoisotopic (exact) mass is 284 g/mol. The van der Waals surface area contributed by atoms with E-state index >= 15 is 0 Å². The number of alkyl halides is 3. The summed E-state index contributed by atoms with van der Waals surface area (Å²) >= 11 is 0. The Morgan fingerprint density at radius 2 is 1.65 bits per heavy atom. The molecule has 1 aromatic heterocycles. The van der Waals surface area contributed by atoms with E-state index < -0.39 is 22.2 Å². The molecule has 0 aliphatic rings. The molecule has 0 aliphatic heterocycles. The van der Waals surface area contributed by atoms with E-state index in [0.29, 0.717) is 12.3 Å². The lowest BCUT2D eigenvalue weighted by molar-refractivity contribution is -0.384. The molecular weight excluding hydrogens is 277 g/mol. The number of nitro groups is 1. The van der Waals surface area contributed by atoms with Gasteiger partial charge in [0.15, 0.2) is 0 Å². The molecule has 0 spiro atoms. The molecule has 0 saturated carbocycles. The second kappa shape index (κ2) is 4.80. The van der Waals surface area contributed by atoms with E-state index in [4.69, 9.17) is 0 Å². The smallest absolute Gasteiger partial charge is 0.284 e. The van der Waals surface area contributed by atoms with Gasteiger partial charge in [0, 0.05) is 30.1 Å². The van der Waals surface area contributed by atoms with Gasteiger partial charge in [-0.2, -0.15) is 13.2 Å². The third-order valence-corrected chi connectivity index (χ3v) is 2.58. The Bertz CT molecular complexity index is 705. The van der Waals surface area contributed by atoms with Gasteiger partial charge in [-0.05, 0) is 18.2 Å². The number of nitrogens with zero attached hydrogens (tertiary/aromatic N) is 2. The van der Waals surface area contributed by atoms with Crippen LogP contribution in [0.5, 0.6) is 0 Å². The molecule has 0 radical (unpaired) electrons. The third-order valence-electron chi connectivity index (χ3n) is 2.58. The maximum absolute atomic E-state index is 12.6. The van der Waals surface area contributed by atoms with Gasteiger partial charge >= 0.3 is 6.18 Å². The molecule has 1 heterocycles. The van der Waals surface area contributed by atoms with Crippen LogP contribution in [0.15, 0.2) is 47.4 Å². The SMILES string of the molecule is O=c1ccc(C(F)(F)F)cn1-c1ccc([N+](=O)[O-])cc1. The van der Waals surface area contributed by atoms with Crippen molar-refractivity contribution in [3.8, 4) is 5.69 Å². The Balaban J connectivity index is 2.52. The lowest BCUT2D eigenvalue weighted by atomic mass is 10.2. The summed E-state index contributed by atoms with van der Waals surface area (Å²) in [6.07, 6.45) is -3.92. The summed E-state index contributed by atoms with van der Waals surface area (Å²) in [4.78, 5) is 21.4. The van der Waals surface area contributed by atoms with Gasteiger partial charge in [-0.3, -0.25) is 19.5 Å². The van der Waals surface area contributed by atoms with Gasteiger partial charge in [-0.1, -0.05) is 0 Å². The van der Waals surface area contributed by atoms with Gasteiger partial charge in [-0.25, -0.2) is 0 Å². The van der Waals surface area contributed by atoms with E-state index in [2.05, 4.69) is 0 Å². The zero-order chi connectivity index (χ0) is 14.9. The standard InChI is InChI=1S/C12H7F3N2O3/c13-12(14,15)8-1-6-11(18)16(7-8)9-2-4-10(5-3-9)17(19)20/h1-7H. The van der Waals surface area contributed by atoms with Crippen molar-refractivity contribution in [2.45, 2.75) is 6.18 Å². The number of pyridine rings is 1. The summed E-state index contributed by atoms with van der Waals surface area (Å²) in [6.45, 7) is 0. The summed E-state index contributed by atoms with van der Waals surface area (Å²) in [5.41, 5.74) is -1.73. The van der Waals surface area contributed by atoms with Crippen molar-refractivity contribution in [3.05, 3.63) is 68.6 Å². The van der Waals surface area contributed by atoms with Gasteiger partial charge < -0.3 is 0 Å². The fraction of sp³-hybridized carbons (Fsp3) is 0.0833. The van der Waals surface area contributed by atoms with E-state index in [1.165, 1.54) is 12.1 Å². The number of hydrogen-bond donors (Lipinski definition) is 0. The Morgan fingerprint density at radius 3 is 2.15 bits per heavy atom.